The maximum Gasteiger partial charge on any atom is 0.410 e. The Hall–Kier alpha value is -3.45. The summed E-state index contributed by atoms with van der Waals surface area (Å²) in [6.07, 6.45) is -1.17. The van der Waals surface area contributed by atoms with Gasteiger partial charge in [-0.15, -0.1) is 0 Å². The number of amides is 2. The summed E-state index contributed by atoms with van der Waals surface area (Å²) in [5.41, 5.74) is 1.84. The van der Waals surface area contributed by atoms with E-state index in [0.29, 0.717) is 16.8 Å². The molecule has 3 N–H and O–H groups in total. The Morgan fingerprint density at radius 1 is 0.923 bits per heavy atom. The van der Waals surface area contributed by atoms with Crippen LogP contribution in [-0.2, 0) is 0 Å². The van der Waals surface area contributed by atoms with Gasteiger partial charge in [-0.25, -0.2) is 9.78 Å². The minimum Gasteiger partial charge on any atom is -0.465 e. The number of hydrogen-bond donors (Lipinski definition) is 3. The number of carboxylic acid groups (broad SMARTS) is 1. The van der Waals surface area contributed by atoms with Gasteiger partial charge in [0.15, 0.2) is 5.13 Å². The molecule has 6 nitrogen and oxygen atoms in total. The summed E-state index contributed by atoms with van der Waals surface area (Å²) in [6, 6.07) is 18.8. The number of carbonyl (C=O) groups is 2. The van der Waals surface area contributed by atoms with Crippen molar-refractivity contribution in [3.63, 3.8) is 0 Å². The third-order valence-corrected chi connectivity index (χ3v) is 4.81. The number of benzene rings is 3. The summed E-state index contributed by atoms with van der Waals surface area (Å²) >= 11 is 1.18. The minimum absolute atomic E-state index is 0.233. The summed E-state index contributed by atoms with van der Waals surface area (Å²) in [5.74, 6) is -0.233. The molecule has 128 valence electrons. The highest BCUT2D eigenvalue weighted by Gasteiger charge is 2.11. The molecular formula is C19H13N3O3S. The third-order valence-electron chi connectivity index (χ3n) is 3.87. The van der Waals surface area contributed by atoms with Crippen molar-refractivity contribution in [3.8, 4) is 0 Å². The lowest BCUT2D eigenvalue weighted by Gasteiger charge is -2.07. The van der Waals surface area contributed by atoms with E-state index in [1.54, 1.807) is 18.2 Å². The predicted octanol–water partition coefficient (Wildman–Crippen LogP) is 4.79. The second-order valence-electron chi connectivity index (χ2n) is 5.65. The van der Waals surface area contributed by atoms with E-state index in [9.17, 15) is 9.59 Å². The molecule has 0 aliphatic carbocycles. The van der Waals surface area contributed by atoms with Gasteiger partial charge in [-0.2, -0.15) is 0 Å². The number of fused-ring (bicyclic) bond motifs is 2. The molecule has 0 saturated heterocycles. The van der Waals surface area contributed by atoms with Crippen LogP contribution in [0.4, 0.5) is 15.6 Å². The zero-order valence-corrected chi connectivity index (χ0v) is 14.2. The molecule has 2 amide bonds. The SMILES string of the molecule is O=C(O)Nc1nc2ccc(C(=O)Nc3ccc4ccccc4c3)cc2s1. The maximum absolute atomic E-state index is 12.5. The molecule has 4 rings (SSSR count). The number of rotatable bonds is 3. The Kier molecular flexibility index (Phi) is 3.98. The average Bonchev–Trinajstić information content (AvgIpc) is 3.02. The average molecular weight is 363 g/mol. The fraction of sp³-hybridized carbons (Fsp3) is 0. The van der Waals surface area contributed by atoms with Gasteiger partial charge in [-0.1, -0.05) is 41.7 Å². The molecule has 7 heteroatoms. The summed E-state index contributed by atoms with van der Waals surface area (Å²) < 4.78 is 0.736. The van der Waals surface area contributed by atoms with Crippen molar-refractivity contribution in [1.29, 1.82) is 0 Å². The van der Waals surface area contributed by atoms with Crippen molar-refractivity contribution >= 4 is 55.1 Å². The van der Waals surface area contributed by atoms with Crippen LogP contribution >= 0.6 is 11.3 Å². The quantitative estimate of drug-likeness (QED) is 0.488. The van der Waals surface area contributed by atoms with Gasteiger partial charge in [0.25, 0.3) is 5.91 Å². The molecule has 0 spiro atoms. The van der Waals surface area contributed by atoms with E-state index in [1.807, 2.05) is 42.5 Å². The molecule has 0 aliphatic heterocycles. The number of nitrogens with zero attached hydrogens (tertiary/aromatic N) is 1. The standard InChI is InChI=1S/C19H13N3O3S/c23-17(20-14-7-5-11-3-1-2-4-12(11)9-14)13-6-8-15-16(10-13)26-18(21-15)22-19(24)25/h1-10H,(H,20,23)(H,21,22)(H,24,25). The Labute approximate surface area is 152 Å². The van der Waals surface area contributed by atoms with E-state index in [-0.39, 0.29) is 11.0 Å². The highest BCUT2D eigenvalue weighted by Crippen LogP contribution is 2.27. The highest BCUT2D eigenvalue weighted by molar-refractivity contribution is 7.22. The van der Waals surface area contributed by atoms with Crippen LogP contribution in [0, 0.1) is 0 Å². The van der Waals surface area contributed by atoms with E-state index in [4.69, 9.17) is 5.11 Å². The van der Waals surface area contributed by atoms with Crippen LogP contribution in [0.2, 0.25) is 0 Å². The van der Waals surface area contributed by atoms with E-state index in [1.165, 1.54) is 11.3 Å². The molecule has 3 aromatic carbocycles. The van der Waals surface area contributed by atoms with Crippen molar-refractivity contribution in [2.75, 3.05) is 10.6 Å². The first-order valence-electron chi connectivity index (χ1n) is 7.79. The molecule has 0 bridgehead atoms. The number of nitrogens with one attached hydrogen (secondary N) is 2. The summed E-state index contributed by atoms with van der Waals surface area (Å²) in [6.45, 7) is 0. The normalized spacial score (nSPS) is 10.8. The summed E-state index contributed by atoms with van der Waals surface area (Å²) in [7, 11) is 0. The fourth-order valence-electron chi connectivity index (χ4n) is 2.68. The molecule has 0 aliphatic rings. The first kappa shape index (κ1) is 16.0. The van der Waals surface area contributed by atoms with Crippen LogP contribution in [0.15, 0.2) is 60.7 Å². The van der Waals surface area contributed by atoms with Crippen molar-refractivity contribution < 1.29 is 14.7 Å². The molecule has 0 fully saturated rings. The molecule has 26 heavy (non-hydrogen) atoms. The van der Waals surface area contributed by atoms with Gasteiger partial charge in [0.05, 0.1) is 10.2 Å². The number of hydrogen-bond acceptors (Lipinski definition) is 4. The number of carbonyl (C=O) groups excluding carboxylic acids is 1. The Bertz CT molecular complexity index is 1150. The molecule has 0 atom stereocenters. The lowest BCUT2D eigenvalue weighted by molar-refractivity contribution is 0.102. The fourth-order valence-corrected chi connectivity index (χ4v) is 3.58. The van der Waals surface area contributed by atoms with Gasteiger partial charge in [-0.3, -0.25) is 10.1 Å². The number of anilines is 2. The second kappa shape index (κ2) is 6.45. The largest absolute Gasteiger partial charge is 0.465 e. The molecular weight excluding hydrogens is 350 g/mol. The molecule has 1 aromatic heterocycles. The van der Waals surface area contributed by atoms with Crippen LogP contribution in [0.25, 0.3) is 21.0 Å². The van der Waals surface area contributed by atoms with Gasteiger partial charge in [0.1, 0.15) is 0 Å². The van der Waals surface area contributed by atoms with Crippen molar-refractivity contribution in [3.05, 3.63) is 66.2 Å². The first-order chi connectivity index (χ1) is 12.6. The van der Waals surface area contributed by atoms with Gasteiger partial charge < -0.3 is 10.4 Å². The zero-order chi connectivity index (χ0) is 18.1. The van der Waals surface area contributed by atoms with Crippen LogP contribution in [0.5, 0.6) is 0 Å². The topological polar surface area (TPSA) is 91.3 Å². The monoisotopic (exact) mass is 363 g/mol. The van der Waals surface area contributed by atoms with Gasteiger partial charge in [0, 0.05) is 11.3 Å². The minimum atomic E-state index is -1.17. The van der Waals surface area contributed by atoms with Gasteiger partial charge in [0.2, 0.25) is 0 Å². The predicted molar refractivity (Wildman–Crippen MR) is 103 cm³/mol. The summed E-state index contributed by atoms with van der Waals surface area (Å²) in [5, 5.41) is 16.3. The molecule has 4 aromatic rings. The lowest BCUT2D eigenvalue weighted by Crippen LogP contribution is -2.11. The Morgan fingerprint density at radius 2 is 1.73 bits per heavy atom. The second-order valence-corrected chi connectivity index (χ2v) is 6.68. The van der Waals surface area contributed by atoms with Crippen LogP contribution in [-0.4, -0.2) is 22.1 Å². The molecule has 0 radical (unpaired) electrons. The van der Waals surface area contributed by atoms with E-state index >= 15 is 0 Å². The van der Waals surface area contributed by atoms with Crippen molar-refractivity contribution in [2.24, 2.45) is 0 Å². The molecule has 1 heterocycles. The zero-order valence-electron chi connectivity index (χ0n) is 13.4. The van der Waals surface area contributed by atoms with E-state index in [0.717, 1.165) is 15.5 Å². The lowest BCUT2D eigenvalue weighted by atomic mass is 10.1. The molecule has 0 unspecified atom stereocenters. The van der Waals surface area contributed by atoms with E-state index in [2.05, 4.69) is 15.6 Å². The van der Waals surface area contributed by atoms with Crippen molar-refractivity contribution in [1.82, 2.24) is 4.98 Å². The summed E-state index contributed by atoms with van der Waals surface area (Å²) in [4.78, 5) is 27.4. The van der Waals surface area contributed by atoms with Gasteiger partial charge in [-0.05, 0) is 41.1 Å². The van der Waals surface area contributed by atoms with Crippen LogP contribution < -0.4 is 10.6 Å². The third kappa shape index (κ3) is 3.20. The van der Waals surface area contributed by atoms with Crippen LogP contribution in [0.1, 0.15) is 10.4 Å². The van der Waals surface area contributed by atoms with Crippen molar-refractivity contribution in [2.45, 2.75) is 0 Å². The van der Waals surface area contributed by atoms with Crippen LogP contribution in [0.3, 0.4) is 0 Å². The van der Waals surface area contributed by atoms with Gasteiger partial charge >= 0.3 is 6.09 Å². The maximum atomic E-state index is 12.5. The smallest absolute Gasteiger partial charge is 0.410 e. The highest BCUT2D eigenvalue weighted by atomic mass is 32.1. The van der Waals surface area contributed by atoms with E-state index < -0.39 is 6.09 Å². The number of thiazole rings is 1. The molecule has 0 saturated carbocycles. The first-order valence-corrected chi connectivity index (χ1v) is 8.61. The Balaban J connectivity index is 1.59. The Morgan fingerprint density at radius 3 is 2.54 bits per heavy atom. The number of aromatic nitrogens is 1.